The first-order chi connectivity index (χ1) is 5.95. The summed E-state index contributed by atoms with van der Waals surface area (Å²) in [6.45, 7) is 10.2. The lowest BCUT2D eigenvalue weighted by Gasteiger charge is -2.06. The van der Waals surface area contributed by atoms with Crippen molar-refractivity contribution in [1.82, 2.24) is 0 Å². The van der Waals surface area contributed by atoms with Crippen LogP contribution in [0.4, 0.5) is 0 Å². The molecule has 0 unspecified atom stereocenters. The van der Waals surface area contributed by atoms with E-state index in [9.17, 15) is 5.11 Å². The van der Waals surface area contributed by atoms with Crippen LogP contribution < -0.4 is 0 Å². The first-order valence-electron chi connectivity index (χ1n) is 4.74. The van der Waals surface area contributed by atoms with Gasteiger partial charge in [0, 0.05) is 6.42 Å². The lowest BCUT2D eigenvalue weighted by atomic mass is 10.1. The van der Waals surface area contributed by atoms with Gasteiger partial charge in [0.1, 0.15) is 8.07 Å². The van der Waals surface area contributed by atoms with Crippen molar-refractivity contribution >= 4 is 8.07 Å². The van der Waals surface area contributed by atoms with E-state index in [-0.39, 0.29) is 6.10 Å². The van der Waals surface area contributed by atoms with Gasteiger partial charge in [0.05, 0.1) is 6.10 Å². The van der Waals surface area contributed by atoms with Crippen molar-refractivity contribution in [3.63, 3.8) is 0 Å². The summed E-state index contributed by atoms with van der Waals surface area (Å²) < 4.78 is 0. The molecule has 0 spiro atoms. The van der Waals surface area contributed by atoms with E-state index in [1.165, 1.54) is 0 Å². The summed E-state index contributed by atoms with van der Waals surface area (Å²) in [4.78, 5) is 0. The number of rotatable bonds is 4. The van der Waals surface area contributed by atoms with E-state index in [0.29, 0.717) is 6.42 Å². The molecular weight excluding hydrogens is 176 g/mol. The highest BCUT2D eigenvalue weighted by Gasteiger charge is 2.07. The molecule has 1 nitrogen and oxygen atoms in total. The Morgan fingerprint density at radius 1 is 1.46 bits per heavy atom. The molecule has 0 saturated heterocycles. The van der Waals surface area contributed by atoms with E-state index < -0.39 is 8.07 Å². The third-order valence-corrected chi connectivity index (χ3v) is 2.43. The van der Waals surface area contributed by atoms with Gasteiger partial charge in [0.15, 0.2) is 0 Å². The Morgan fingerprint density at radius 3 is 2.54 bits per heavy atom. The highest BCUT2D eigenvalue weighted by molar-refractivity contribution is 6.83. The van der Waals surface area contributed by atoms with E-state index in [1.54, 1.807) is 0 Å². The Hall–Kier alpha value is -0.523. The molecule has 0 heterocycles. The van der Waals surface area contributed by atoms with Crippen LogP contribution in [-0.4, -0.2) is 19.3 Å². The van der Waals surface area contributed by atoms with Gasteiger partial charge in [0.25, 0.3) is 0 Å². The van der Waals surface area contributed by atoms with Crippen LogP contribution in [0.1, 0.15) is 19.3 Å². The fourth-order valence-electron chi connectivity index (χ4n) is 0.846. The lowest BCUT2D eigenvalue weighted by molar-refractivity contribution is 0.171. The van der Waals surface area contributed by atoms with Crippen molar-refractivity contribution in [3.8, 4) is 11.5 Å². The van der Waals surface area contributed by atoms with Crippen molar-refractivity contribution in [2.75, 3.05) is 0 Å². The molecule has 0 aliphatic carbocycles. The molecular formula is C11H20OSi. The molecule has 0 amide bonds. The SMILES string of the molecule is C=CCC[C@H](O)CC#C[Si](C)(C)C. The summed E-state index contributed by atoms with van der Waals surface area (Å²) in [6.07, 6.45) is 3.81. The Balaban J connectivity index is 3.72. The molecule has 0 aliphatic heterocycles. The van der Waals surface area contributed by atoms with Crippen LogP contribution in [0, 0.1) is 11.5 Å². The van der Waals surface area contributed by atoms with Gasteiger partial charge in [-0.2, -0.15) is 0 Å². The van der Waals surface area contributed by atoms with E-state index in [0.717, 1.165) is 12.8 Å². The largest absolute Gasteiger partial charge is 0.392 e. The highest BCUT2D eigenvalue weighted by Crippen LogP contribution is 2.02. The molecule has 2 heteroatoms. The zero-order valence-corrected chi connectivity index (χ0v) is 9.93. The zero-order valence-electron chi connectivity index (χ0n) is 8.93. The van der Waals surface area contributed by atoms with Gasteiger partial charge >= 0.3 is 0 Å². The highest BCUT2D eigenvalue weighted by atomic mass is 28.3. The monoisotopic (exact) mass is 196 g/mol. The summed E-state index contributed by atoms with van der Waals surface area (Å²) in [6, 6.07) is 0. The third kappa shape index (κ3) is 9.39. The van der Waals surface area contributed by atoms with Crippen molar-refractivity contribution in [3.05, 3.63) is 12.7 Å². The summed E-state index contributed by atoms with van der Waals surface area (Å²) in [5, 5.41) is 9.44. The zero-order chi connectivity index (χ0) is 10.3. The van der Waals surface area contributed by atoms with E-state index >= 15 is 0 Å². The van der Waals surface area contributed by atoms with Crippen molar-refractivity contribution in [1.29, 1.82) is 0 Å². The molecule has 1 atom stereocenters. The van der Waals surface area contributed by atoms with Crippen molar-refractivity contribution in [2.45, 2.75) is 45.0 Å². The smallest absolute Gasteiger partial charge is 0.129 e. The minimum Gasteiger partial charge on any atom is -0.392 e. The molecule has 0 rings (SSSR count). The second-order valence-corrected chi connectivity index (χ2v) is 9.03. The van der Waals surface area contributed by atoms with Gasteiger partial charge in [-0.3, -0.25) is 0 Å². The van der Waals surface area contributed by atoms with E-state index in [2.05, 4.69) is 37.7 Å². The van der Waals surface area contributed by atoms with Crippen LogP contribution in [0.15, 0.2) is 12.7 Å². The molecule has 0 bridgehead atoms. The fraction of sp³-hybridized carbons (Fsp3) is 0.636. The lowest BCUT2D eigenvalue weighted by Crippen LogP contribution is -2.16. The number of hydrogen-bond donors (Lipinski definition) is 1. The summed E-state index contributed by atoms with van der Waals surface area (Å²) in [7, 11) is -1.25. The number of aliphatic hydroxyl groups excluding tert-OH is 1. The van der Waals surface area contributed by atoms with Crippen LogP contribution in [0.25, 0.3) is 0 Å². The Morgan fingerprint density at radius 2 is 2.08 bits per heavy atom. The molecule has 1 N–H and O–H groups in total. The molecule has 74 valence electrons. The Bertz CT molecular complexity index is 204. The van der Waals surface area contributed by atoms with E-state index in [1.807, 2.05) is 6.08 Å². The van der Waals surface area contributed by atoms with Gasteiger partial charge in [-0.15, -0.1) is 18.0 Å². The third-order valence-electron chi connectivity index (χ3n) is 1.51. The summed E-state index contributed by atoms with van der Waals surface area (Å²) in [5.74, 6) is 3.06. The van der Waals surface area contributed by atoms with Crippen LogP contribution in [0.3, 0.4) is 0 Å². The van der Waals surface area contributed by atoms with Gasteiger partial charge in [-0.1, -0.05) is 25.7 Å². The second-order valence-electron chi connectivity index (χ2n) is 4.28. The van der Waals surface area contributed by atoms with Gasteiger partial charge in [-0.25, -0.2) is 0 Å². The summed E-state index contributed by atoms with van der Waals surface area (Å²) >= 11 is 0. The predicted octanol–water partition coefficient (Wildman–Crippen LogP) is 2.58. The first-order valence-corrected chi connectivity index (χ1v) is 8.24. The second kappa shape index (κ2) is 6.01. The normalized spacial score (nSPS) is 12.9. The van der Waals surface area contributed by atoms with Crippen LogP contribution >= 0.6 is 0 Å². The van der Waals surface area contributed by atoms with Crippen LogP contribution in [-0.2, 0) is 0 Å². The number of hydrogen-bond acceptors (Lipinski definition) is 1. The average molecular weight is 196 g/mol. The fourth-order valence-corrected chi connectivity index (χ4v) is 1.48. The van der Waals surface area contributed by atoms with Crippen LogP contribution in [0.5, 0.6) is 0 Å². The molecule has 0 aliphatic rings. The van der Waals surface area contributed by atoms with Crippen molar-refractivity contribution in [2.24, 2.45) is 0 Å². The maximum atomic E-state index is 9.44. The molecule has 0 saturated carbocycles. The number of allylic oxidation sites excluding steroid dienone is 1. The summed E-state index contributed by atoms with van der Waals surface area (Å²) in [5.41, 5.74) is 3.23. The predicted molar refractivity (Wildman–Crippen MR) is 61.2 cm³/mol. The molecule has 0 aromatic heterocycles. The molecule has 0 radical (unpaired) electrons. The molecule has 0 aromatic carbocycles. The van der Waals surface area contributed by atoms with Crippen LogP contribution in [0.2, 0.25) is 19.6 Å². The molecule has 0 aromatic rings. The first kappa shape index (κ1) is 12.5. The maximum Gasteiger partial charge on any atom is 0.129 e. The topological polar surface area (TPSA) is 20.2 Å². The van der Waals surface area contributed by atoms with Gasteiger partial charge in [0.2, 0.25) is 0 Å². The minimum absolute atomic E-state index is 0.276. The minimum atomic E-state index is -1.25. The Labute approximate surface area is 82.9 Å². The Kier molecular flexibility index (Phi) is 5.77. The maximum absolute atomic E-state index is 9.44. The van der Waals surface area contributed by atoms with Gasteiger partial charge < -0.3 is 5.11 Å². The van der Waals surface area contributed by atoms with E-state index in [4.69, 9.17) is 0 Å². The quantitative estimate of drug-likeness (QED) is 0.416. The molecule has 0 fully saturated rings. The van der Waals surface area contributed by atoms with Gasteiger partial charge in [-0.05, 0) is 12.8 Å². The standard InChI is InChI=1S/C11H20OSi/c1-5-6-8-11(12)9-7-10-13(2,3)4/h5,11-12H,1,6,8-9H2,2-4H3/t11-/m0/s1. The number of aliphatic hydroxyl groups is 1. The average Bonchev–Trinajstić information content (AvgIpc) is 1.98. The molecule has 13 heavy (non-hydrogen) atoms. The van der Waals surface area contributed by atoms with Crippen molar-refractivity contribution < 1.29 is 5.11 Å².